The van der Waals surface area contributed by atoms with Crippen LogP contribution in [0.25, 0.3) is 11.1 Å². The van der Waals surface area contributed by atoms with Crippen molar-refractivity contribution in [2.24, 2.45) is 0 Å². The third kappa shape index (κ3) is 2.33. The van der Waals surface area contributed by atoms with Gasteiger partial charge in [-0.05, 0) is 42.4 Å². The lowest BCUT2D eigenvalue weighted by Gasteiger charge is -2.28. The highest BCUT2D eigenvalue weighted by molar-refractivity contribution is 5.94. The molecular weight excluding hydrogens is 232 g/mol. The molecule has 0 spiro atoms. The summed E-state index contributed by atoms with van der Waals surface area (Å²) in [5.41, 5.74) is 4.78. The maximum atomic E-state index is 11.3. The quantitative estimate of drug-likeness (QED) is 0.713. The Balaban J connectivity index is 1.99. The van der Waals surface area contributed by atoms with Crippen LogP contribution in [0.1, 0.15) is 48.0 Å². The molecule has 0 aromatic heterocycles. The smallest absolute Gasteiger partial charge is 0.159 e. The van der Waals surface area contributed by atoms with E-state index in [-0.39, 0.29) is 5.78 Å². The summed E-state index contributed by atoms with van der Waals surface area (Å²) in [6.45, 7) is 1.61. The van der Waals surface area contributed by atoms with Crippen LogP contribution in [0.2, 0.25) is 0 Å². The minimum atomic E-state index is 0.124. The summed E-state index contributed by atoms with van der Waals surface area (Å²) in [5, 5.41) is 0. The minimum absolute atomic E-state index is 0.124. The molecule has 0 unspecified atom stereocenters. The van der Waals surface area contributed by atoms with Gasteiger partial charge in [0.15, 0.2) is 5.78 Å². The zero-order valence-corrected chi connectivity index (χ0v) is 11.2. The number of Topliss-reactive ketones (excluding diaryl/α,β-unsaturated/α-hetero) is 1. The molecule has 1 nitrogen and oxygen atoms in total. The van der Waals surface area contributed by atoms with Crippen LogP contribution >= 0.6 is 0 Å². The van der Waals surface area contributed by atoms with Gasteiger partial charge in [0.05, 0.1) is 0 Å². The molecule has 0 N–H and O–H groups in total. The molecular formula is C18H18O. The van der Waals surface area contributed by atoms with Crippen molar-refractivity contribution in [2.45, 2.75) is 32.1 Å². The van der Waals surface area contributed by atoms with E-state index in [1.165, 1.54) is 36.0 Å². The number of benzene rings is 2. The topological polar surface area (TPSA) is 17.1 Å². The summed E-state index contributed by atoms with van der Waals surface area (Å²) >= 11 is 0. The van der Waals surface area contributed by atoms with E-state index in [1.54, 1.807) is 6.92 Å². The van der Waals surface area contributed by atoms with Crippen molar-refractivity contribution in [1.29, 1.82) is 0 Å². The molecule has 2 aromatic rings. The summed E-state index contributed by atoms with van der Waals surface area (Å²) in [7, 11) is 0. The number of hydrogen-bond acceptors (Lipinski definition) is 1. The van der Waals surface area contributed by atoms with E-state index >= 15 is 0 Å². The first-order valence-corrected chi connectivity index (χ1v) is 6.96. The number of carbonyl (C=O) groups excluding carboxylic acids is 1. The average molecular weight is 250 g/mol. The molecule has 1 heteroatoms. The van der Waals surface area contributed by atoms with Gasteiger partial charge in [0.2, 0.25) is 0 Å². The monoisotopic (exact) mass is 250 g/mol. The molecule has 96 valence electrons. The maximum absolute atomic E-state index is 11.3. The van der Waals surface area contributed by atoms with Crippen molar-refractivity contribution >= 4 is 5.78 Å². The van der Waals surface area contributed by atoms with E-state index in [2.05, 4.69) is 36.4 Å². The Morgan fingerprint density at radius 1 is 1.00 bits per heavy atom. The number of hydrogen-bond donors (Lipinski definition) is 0. The van der Waals surface area contributed by atoms with Crippen LogP contribution < -0.4 is 0 Å². The molecule has 0 atom stereocenters. The van der Waals surface area contributed by atoms with Crippen LogP contribution in [-0.2, 0) is 0 Å². The van der Waals surface area contributed by atoms with Crippen LogP contribution in [-0.4, -0.2) is 5.78 Å². The Morgan fingerprint density at radius 2 is 1.68 bits per heavy atom. The molecule has 3 rings (SSSR count). The van der Waals surface area contributed by atoms with Gasteiger partial charge in [0.25, 0.3) is 0 Å². The Labute approximate surface area is 114 Å². The molecule has 0 amide bonds. The zero-order valence-electron chi connectivity index (χ0n) is 11.2. The SMILES string of the molecule is CC(=O)c1ccc(-c2ccccc2C2CCC2)cc1. The van der Waals surface area contributed by atoms with Gasteiger partial charge in [-0.15, -0.1) is 0 Å². The molecule has 0 bridgehead atoms. The highest BCUT2D eigenvalue weighted by Crippen LogP contribution is 2.40. The molecule has 19 heavy (non-hydrogen) atoms. The lowest BCUT2D eigenvalue weighted by molar-refractivity contribution is 0.101. The van der Waals surface area contributed by atoms with Gasteiger partial charge >= 0.3 is 0 Å². The Hall–Kier alpha value is -1.89. The molecule has 1 aliphatic rings. The van der Waals surface area contributed by atoms with Crippen LogP contribution in [0, 0.1) is 0 Å². The fourth-order valence-corrected chi connectivity index (χ4v) is 2.72. The number of ketones is 1. The molecule has 0 saturated heterocycles. The summed E-state index contributed by atoms with van der Waals surface area (Å²) in [6, 6.07) is 16.6. The normalized spacial score (nSPS) is 15.0. The van der Waals surface area contributed by atoms with Gasteiger partial charge < -0.3 is 0 Å². The summed E-state index contributed by atoms with van der Waals surface area (Å²) in [4.78, 5) is 11.3. The summed E-state index contributed by atoms with van der Waals surface area (Å²) in [6.07, 6.45) is 3.97. The zero-order chi connectivity index (χ0) is 13.2. The van der Waals surface area contributed by atoms with Gasteiger partial charge in [-0.1, -0.05) is 55.0 Å². The fraction of sp³-hybridized carbons (Fsp3) is 0.278. The Kier molecular flexibility index (Phi) is 3.20. The Morgan fingerprint density at radius 3 is 2.26 bits per heavy atom. The third-order valence-corrected chi connectivity index (χ3v) is 4.11. The van der Waals surface area contributed by atoms with E-state index in [1.807, 2.05) is 12.1 Å². The first kappa shape index (κ1) is 12.2. The molecule has 0 heterocycles. The molecule has 2 aromatic carbocycles. The van der Waals surface area contributed by atoms with E-state index in [9.17, 15) is 4.79 Å². The van der Waals surface area contributed by atoms with Gasteiger partial charge in [-0.2, -0.15) is 0 Å². The predicted molar refractivity (Wildman–Crippen MR) is 78.5 cm³/mol. The van der Waals surface area contributed by atoms with Crippen LogP contribution in [0.15, 0.2) is 48.5 Å². The largest absolute Gasteiger partial charge is 0.295 e. The highest BCUT2D eigenvalue weighted by atomic mass is 16.1. The summed E-state index contributed by atoms with van der Waals surface area (Å²) in [5.74, 6) is 0.850. The van der Waals surface area contributed by atoms with E-state index < -0.39 is 0 Å². The number of carbonyl (C=O) groups is 1. The minimum Gasteiger partial charge on any atom is -0.295 e. The van der Waals surface area contributed by atoms with Gasteiger partial charge in [0, 0.05) is 5.56 Å². The standard InChI is InChI=1S/C18H18O/c1-13(19)14-9-11-16(12-10-14)18-8-3-2-7-17(18)15-5-4-6-15/h2-3,7-12,15H,4-6H2,1H3. The van der Waals surface area contributed by atoms with E-state index in [0.717, 1.165) is 11.5 Å². The van der Waals surface area contributed by atoms with Crippen molar-refractivity contribution in [2.75, 3.05) is 0 Å². The molecule has 1 saturated carbocycles. The van der Waals surface area contributed by atoms with Crippen LogP contribution in [0.4, 0.5) is 0 Å². The lowest BCUT2D eigenvalue weighted by Crippen LogP contribution is -2.09. The van der Waals surface area contributed by atoms with Gasteiger partial charge in [0.1, 0.15) is 0 Å². The van der Waals surface area contributed by atoms with E-state index in [4.69, 9.17) is 0 Å². The predicted octanol–water partition coefficient (Wildman–Crippen LogP) is 4.82. The van der Waals surface area contributed by atoms with Gasteiger partial charge in [-0.3, -0.25) is 4.79 Å². The third-order valence-electron chi connectivity index (χ3n) is 4.11. The molecule has 1 fully saturated rings. The molecule has 0 aliphatic heterocycles. The molecule has 1 aliphatic carbocycles. The van der Waals surface area contributed by atoms with Crippen molar-refractivity contribution in [3.63, 3.8) is 0 Å². The first-order chi connectivity index (χ1) is 9.25. The van der Waals surface area contributed by atoms with Gasteiger partial charge in [-0.25, -0.2) is 0 Å². The van der Waals surface area contributed by atoms with Crippen molar-refractivity contribution in [3.8, 4) is 11.1 Å². The summed E-state index contributed by atoms with van der Waals surface area (Å²) < 4.78 is 0. The van der Waals surface area contributed by atoms with Crippen LogP contribution in [0.3, 0.4) is 0 Å². The fourth-order valence-electron chi connectivity index (χ4n) is 2.72. The second kappa shape index (κ2) is 5.00. The van der Waals surface area contributed by atoms with Crippen LogP contribution in [0.5, 0.6) is 0 Å². The first-order valence-electron chi connectivity index (χ1n) is 6.96. The van der Waals surface area contributed by atoms with E-state index in [0.29, 0.717) is 0 Å². The average Bonchev–Trinajstić information content (AvgIpc) is 2.37. The highest BCUT2D eigenvalue weighted by Gasteiger charge is 2.22. The second-order valence-corrected chi connectivity index (χ2v) is 5.35. The lowest BCUT2D eigenvalue weighted by atomic mass is 9.77. The van der Waals surface area contributed by atoms with Crippen molar-refractivity contribution in [1.82, 2.24) is 0 Å². The Bertz CT molecular complexity index is 591. The van der Waals surface area contributed by atoms with Crippen molar-refractivity contribution < 1.29 is 4.79 Å². The molecule has 0 radical (unpaired) electrons. The van der Waals surface area contributed by atoms with Crippen molar-refractivity contribution in [3.05, 3.63) is 59.7 Å². The maximum Gasteiger partial charge on any atom is 0.159 e. The second-order valence-electron chi connectivity index (χ2n) is 5.35. The number of rotatable bonds is 3.